The monoisotopic (exact) mass is 416 g/mol. The normalized spacial score (nSPS) is 26.8. The van der Waals surface area contributed by atoms with Crippen molar-refractivity contribution in [3.05, 3.63) is 70.3 Å². The van der Waals surface area contributed by atoms with Crippen LogP contribution in [0.3, 0.4) is 0 Å². The highest BCUT2D eigenvalue weighted by atomic mass is 14.4. The maximum atomic E-state index is 2.47. The molecule has 0 unspecified atom stereocenters. The van der Waals surface area contributed by atoms with E-state index in [2.05, 4.69) is 77.1 Å². The number of hydrogen-bond donors (Lipinski definition) is 0. The van der Waals surface area contributed by atoms with E-state index < -0.39 is 0 Å². The van der Waals surface area contributed by atoms with Crippen molar-refractivity contribution in [2.24, 2.45) is 11.8 Å². The molecule has 0 aromatic heterocycles. The third kappa shape index (κ3) is 5.10. The lowest BCUT2D eigenvalue weighted by Gasteiger charge is -2.35. The molecule has 0 aliphatic heterocycles. The van der Waals surface area contributed by atoms with Crippen LogP contribution in [0.2, 0.25) is 0 Å². The fourth-order valence-corrected chi connectivity index (χ4v) is 6.80. The number of hydrogen-bond acceptors (Lipinski definition) is 0. The van der Waals surface area contributed by atoms with Crippen LogP contribution in [-0.4, -0.2) is 0 Å². The zero-order chi connectivity index (χ0) is 22.0. The third-order valence-corrected chi connectivity index (χ3v) is 8.49. The first-order valence-corrected chi connectivity index (χ1v) is 13.1. The largest absolute Gasteiger partial charge is 0.0628 e. The molecule has 3 atom stereocenters. The second-order valence-corrected chi connectivity index (χ2v) is 11.3. The van der Waals surface area contributed by atoms with E-state index in [1.807, 2.05) is 0 Å². The second-order valence-electron chi connectivity index (χ2n) is 11.3. The molecule has 0 nitrogen and oxygen atoms in total. The highest BCUT2D eigenvalue weighted by Crippen LogP contribution is 2.49. The van der Waals surface area contributed by atoms with Gasteiger partial charge in [0.15, 0.2) is 0 Å². The van der Waals surface area contributed by atoms with Crippen molar-refractivity contribution >= 4 is 0 Å². The van der Waals surface area contributed by atoms with Crippen LogP contribution >= 0.6 is 0 Å². The van der Waals surface area contributed by atoms with E-state index in [-0.39, 0.29) is 0 Å². The third-order valence-electron chi connectivity index (χ3n) is 8.49. The smallest absolute Gasteiger partial charge is 0.0134 e. The van der Waals surface area contributed by atoms with E-state index in [0.717, 1.165) is 35.5 Å². The van der Waals surface area contributed by atoms with Gasteiger partial charge in [-0.2, -0.15) is 0 Å². The molecular formula is C31H44. The molecule has 4 rings (SSSR count). The Kier molecular flexibility index (Phi) is 7.25. The summed E-state index contributed by atoms with van der Waals surface area (Å²) in [5.41, 5.74) is 8.07. The van der Waals surface area contributed by atoms with Gasteiger partial charge in [0.1, 0.15) is 0 Å². The number of rotatable bonds is 7. The minimum atomic E-state index is 0.744. The van der Waals surface area contributed by atoms with E-state index >= 15 is 0 Å². The molecule has 168 valence electrons. The summed E-state index contributed by atoms with van der Waals surface area (Å²) in [6.45, 7) is 11.8. The van der Waals surface area contributed by atoms with Crippen LogP contribution < -0.4 is 0 Å². The van der Waals surface area contributed by atoms with Crippen LogP contribution in [0.25, 0.3) is 0 Å². The van der Waals surface area contributed by atoms with E-state index in [0.29, 0.717) is 0 Å². The molecule has 0 heterocycles. The Morgan fingerprint density at radius 3 is 2.16 bits per heavy atom. The van der Waals surface area contributed by atoms with Gasteiger partial charge in [0.25, 0.3) is 0 Å². The Morgan fingerprint density at radius 1 is 0.806 bits per heavy atom. The standard InChI is InChI=1S/C31H44/c1-21(2)8-6-10-29(25-14-12-22(3)13-15-25)26-16-18-27(19-17-26)30-11-7-9-28-23(4)20-24(5)31(28)30/h7,9,11-15,21,23-24,26-27,29H,6,8,10,16-20H2,1-5H3/t23-,24-,26?,27?,29-/m1/s1. The lowest BCUT2D eigenvalue weighted by molar-refractivity contribution is 0.266. The molecule has 0 radical (unpaired) electrons. The summed E-state index contributed by atoms with van der Waals surface area (Å²) in [7, 11) is 0. The Balaban J connectivity index is 1.47. The molecule has 0 saturated heterocycles. The van der Waals surface area contributed by atoms with Crippen molar-refractivity contribution in [3.8, 4) is 0 Å². The summed E-state index contributed by atoms with van der Waals surface area (Å²) in [6.07, 6.45) is 11.0. The summed E-state index contributed by atoms with van der Waals surface area (Å²) >= 11 is 0. The van der Waals surface area contributed by atoms with Gasteiger partial charge in [-0.25, -0.2) is 0 Å². The molecule has 0 N–H and O–H groups in total. The average molecular weight is 417 g/mol. The topological polar surface area (TPSA) is 0 Å². The molecule has 0 spiro atoms. The highest BCUT2D eigenvalue weighted by Gasteiger charge is 2.33. The first-order chi connectivity index (χ1) is 14.9. The van der Waals surface area contributed by atoms with Gasteiger partial charge in [-0.05, 0) is 103 Å². The van der Waals surface area contributed by atoms with Gasteiger partial charge in [0.05, 0.1) is 0 Å². The van der Waals surface area contributed by atoms with Gasteiger partial charge < -0.3 is 0 Å². The van der Waals surface area contributed by atoms with Crippen LogP contribution in [0, 0.1) is 18.8 Å². The van der Waals surface area contributed by atoms with Crippen LogP contribution in [0.5, 0.6) is 0 Å². The van der Waals surface area contributed by atoms with Gasteiger partial charge in [-0.1, -0.05) is 88.6 Å². The molecule has 0 bridgehead atoms. The van der Waals surface area contributed by atoms with Crippen LogP contribution in [0.15, 0.2) is 42.5 Å². The lowest BCUT2D eigenvalue weighted by Crippen LogP contribution is -2.21. The SMILES string of the molecule is Cc1ccc([C@@H](CCCC(C)C)C2CCC(c3cccc4c3[C@H](C)C[C@H]4C)CC2)cc1. The first kappa shape index (κ1) is 22.6. The Bertz CT molecular complexity index is 835. The molecule has 2 aliphatic rings. The molecule has 1 fully saturated rings. The Hall–Kier alpha value is -1.56. The zero-order valence-electron chi connectivity index (χ0n) is 20.7. The van der Waals surface area contributed by atoms with E-state index in [1.165, 1.54) is 56.9 Å². The van der Waals surface area contributed by atoms with Gasteiger partial charge >= 0.3 is 0 Å². The van der Waals surface area contributed by atoms with Gasteiger partial charge in [0.2, 0.25) is 0 Å². The van der Waals surface area contributed by atoms with Crippen molar-refractivity contribution in [1.29, 1.82) is 0 Å². The maximum Gasteiger partial charge on any atom is -0.0134 e. The molecule has 2 aliphatic carbocycles. The summed E-state index contributed by atoms with van der Waals surface area (Å²) in [4.78, 5) is 0. The molecule has 1 saturated carbocycles. The van der Waals surface area contributed by atoms with Crippen LogP contribution in [0.1, 0.15) is 131 Å². The van der Waals surface area contributed by atoms with Crippen molar-refractivity contribution in [1.82, 2.24) is 0 Å². The van der Waals surface area contributed by atoms with Crippen molar-refractivity contribution in [2.45, 2.75) is 110 Å². The molecule has 31 heavy (non-hydrogen) atoms. The van der Waals surface area contributed by atoms with Gasteiger partial charge in [-0.15, -0.1) is 0 Å². The Labute approximate surface area is 191 Å². The summed E-state index contributed by atoms with van der Waals surface area (Å²) in [6, 6.07) is 16.7. The number of fused-ring (bicyclic) bond motifs is 1. The van der Waals surface area contributed by atoms with Crippen LogP contribution in [0.4, 0.5) is 0 Å². The molecule has 2 aromatic carbocycles. The van der Waals surface area contributed by atoms with E-state index in [9.17, 15) is 0 Å². The molecule has 0 amide bonds. The van der Waals surface area contributed by atoms with Crippen molar-refractivity contribution < 1.29 is 0 Å². The minimum absolute atomic E-state index is 0.744. The van der Waals surface area contributed by atoms with Gasteiger partial charge in [-0.3, -0.25) is 0 Å². The maximum absolute atomic E-state index is 2.47. The fourth-order valence-electron chi connectivity index (χ4n) is 6.80. The predicted octanol–water partition coefficient (Wildman–Crippen LogP) is 9.49. The second kappa shape index (κ2) is 9.93. The van der Waals surface area contributed by atoms with E-state index in [1.54, 1.807) is 22.3 Å². The molecule has 0 heteroatoms. The minimum Gasteiger partial charge on any atom is -0.0628 e. The summed E-state index contributed by atoms with van der Waals surface area (Å²) in [5, 5.41) is 0. The predicted molar refractivity (Wildman–Crippen MR) is 135 cm³/mol. The summed E-state index contributed by atoms with van der Waals surface area (Å²) < 4.78 is 0. The molecular weight excluding hydrogens is 372 g/mol. The molecule has 2 aromatic rings. The highest BCUT2D eigenvalue weighted by molar-refractivity contribution is 5.45. The fraction of sp³-hybridized carbons (Fsp3) is 0.613. The van der Waals surface area contributed by atoms with Crippen LogP contribution in [-0.2, 0) is 0 Å². The zero-order valence-corrected chi connectivity index (χ0v) is 20.7. The number of benzene rings is 2. The lowest BCUT2D eigenvalue weighted by atomic mass is 9.69. The van der Waals surface area contributed by atoms with E-state index in [4.69, 9.17) is 0 Å². The Morgan fingerprint density at radius 2 is 1.48 bits per heavy atom. The van der Waals surface area contributed by atoms with Crippen molar-refractivity contribution in [2.75, 3.05) is 0 Å². The number of aryl methyl sites for hydroxylation is 1. The first-order valence-electron chi connectivity index (χ1n) is 13.1. The van der Waals surface area contributed by atoms with Gasteiger partial charge in [0, 0.05) is 0 Å². The summed E-state index contributed by atoms with van der Waals surface area (Å²) in [5.74, 6) is 4.70. The average Bonchev–Trinajstić information content (AvgIpc) is 3.06. The quantitative estimate of drug-likeness (QED) is 0.421. The van der Waals surface area contributed by atoms with Crippen molar-refractivity contribution in [3.63, 3.8) is 0 Å².